The molecule has 0 saturated carbocycles. The molecule has 1 atom stereocenters. The van der Waals surface area contributed by atoms with E-state index in [9.17, 15) is 14.7 Å². The molecule has 0 fully saturated rings. The summed E-state index contributed by atoms with van der Waals surface area (Å²) in [6, 6.07) is 2.80. The van der Waals surface area contributed by atoms with E-state index in [4.69, 9.17) is 26.2 Å². The van der Waals surface area contributed by atoms with E-state index in [1.165, 1.54) is 12.1 Å². The van der Waals surface area contributed by atoms with Gasteiger partial charge in [-0.15, -0.1) is 0 Å². The maximum Gasteiger partial charge on any atom is 0.337 e. The van der Waals surface area contributed by atoms with Crippen molar-refractivity contribution in [1.82, 2.24) is 5.32 Å². The third-order valence-electron chi connectivity index (χ3n) is 2.74. The molecule has 2 rings (SSSR count). The van der Waals surface area contributed by atoms with Crippen molar-refractivity contribution in [3.63, 3.8) is 0 Å². The van der Waals surface area contributed by atoms with Gasteiger partial charge in [0.1, 0.15) is 0 Å². The molecule has 0 aromatic heterocycles. The van der Waals surface area contributed by atoms with Crippen molar-refractivity contribution in [1.29, 1.82) is 0 Å². The average molecular weight is 302 g/mol. The Morgan fingerprint density at radius 2 is 2.15 bits per heavy atom. The van der Waals surface area contributed by atoms with E-state index >= 15 is 0 Å². The Hall–Kier alpha value is -1.99. The van der Waals surface area contributed by atoms with Crippen molar-refractivity contribution in [2.45, 2.75) is 12.5 Å². The molecule has 108 valence electrons. The standard InChI is InChI=1S/C12H12ClNO6/c1-12(18,11(16)17)4-14-10(15)6-2-7(13)9-8(3-6)19-5-20-9/h2-3,18H,4-5H2,1H3,(H,14,15)(H,16,17). The van der Waals surface area contributed by atoms with Crippen LogP contribution in [0, 0.1) is 0 Å². The molecule has 1 aromatic carbocycles. The smallest absolute Gasteiger partial charge is 0.337 e. The number of carbonyl (C=O) groups excluding carboxylic acids is 1. The summed E-state index contributed by atoms with van der Waals surface area (Å²) in [6.07, 6.45) is 0. The van der Waals surface area contributed by atoms with Gasteiger partial charge in [-0.2, -0.15) is 0 Å². The van der Waals surface area contributed by atoms with Crippen LogP contribution in [-0.2, 0) is 4.79 Å². The molecule has 1 aromatic rings. The summed E-state index contributed by atoms with van der Waals surface area (Å²) < 4.78 is 10.2. The fourth-order valence-electron chi connectivity index (χ4n) is 1.53. The normalized spacial score (nSPS) is 15.6. The number of hydrogen-bond acceptors (Lipinski definition) is 5. The van der Waals surface area contributed by atoms with Crippen molar-refractivity contribution < 1.29 is 29.3 Å². The Labute approximate surface area is 119 Å². The number of hydrogen-bond donors (Lipinski definition) is 3. The highest BCUT2D eigenvalue weighted by molar-refractivity contribution is 6.32. The molecule has 3 N–H and O–H groups in total. The minimum absolute atomic E-state index is 0.0217. The third kappa shape index (κ3) is 2.78. The lowest BCUT2D eigenvalue weighted by molar-refractivity contribution is -0.155. The first-order chi connectivity index (χ1) is 9.31. The monoisotopic (exact) mass is 301 g/mol. The predicted octanol–water partition coefficient (Wildman–Crippen LogP) is 0.634. The molecule has 7 nitrogen and oxygen atoms in total. The van der Waals surface area contributed by atoms with Crippen LogP contribution >= 0.6 is 11.6 Å². The first kappa shape index (κ1) is 14.4. The van der Waals surface area contributed by atoms with Crippen molar-refractivity contribution in [2.24, 2.45) is 0 Å². The second-order valence-corrected chi connectivity index (χ2v) is 4.86. The summed E-state index contributed by atoms with van der Waals surface area (Å²) in [5.74, 6) is -1.30. The number of carbonyl (C=O) groups is 2. The molecule has 20 heavy (non-hydrogen) atoms. The van der Waals surface area contributed by atoms with E-state index in [-0.39, 0.29) is 17.4 Å². The van der Waals surface area contributed by atoms with Crippen molar-refractivity contribution >= 4 is 23.5 Å². The summed E-state index contributed by atoms with van der Waals surface area (Å²) in [6.45, 7) is 0.670. The summed E-state index contributed by atoms with van der Waals surface area (Å²) >= 11 is 5.93. The van der Waals surface area contributed by atoms with Crippen molar-refractivity contribution in [3.05, 3.63) is 22.7 Å². The quantitative estimate of drug-likeness (QED) is 0.753. The van der Waals surface area contributed by atoms with Crippen LogP contribution in [0.2, 0.25) is 5.02 Å². The highest BCUT2D eigenvalue weighted by atomic mass is 35.5. The van der Waals surface area contributed by atoms with E-state index in [1.54, 1.807) is 0 Å². The van der Waals surface area contributed by atoms with Crippen LogP contribution in [-0.4, -0.2) is 41.0 Å². The Morgan fingerprint density at radius 3 is 2.80 bits per heavy atom. The number of amides is 1. The number of ether oxygens (including phenoxy) is 2. The number of carboxylic acid groups (broad SMARTS) is 1. The zero-order valence-electron chi connectivity index (χ0n) is 10.5. The summed E-state index contributed by atoms with van der Waals surface area (Å²) in [7, 11) is 0. The molecule has 8 heteroatoms. The van der Waals surface area contributed by atoms with Gasteiger partial charge in [-0.3, -0.25) is 4.79 Å². The second-order valence-electron chi connectivity index (χ2n) is 4.45. The molecule has 0 bridgehead atoms. The Balaban J connectivity index is 2.11. The second kappa shape index (κ2) is 5.18. The average Bonchev–Trinajstić information content (AvgIpc) is 2.84. The van der Waals surface area contributed by atoms with Crippen LogP contribution in [0.3, 0.4) is 0 Å². The lowest BCUT2D eigenvalue weighted by Gasteiger charge is -2.18. The van der Waals surface area contributed by atoms with E-state index in [0.29, 0.717) is 11.5 Å². The number of fused-ring (bicyclic) bond motifs is 1. The number of benzene rings is 1. The van der Waals surface area contributed by atoms with Gasteiger partial charge in [-0.25, -0.2) is 4.79 Å². The number of aliphatic carboxylic acids is 1. The van der Waals surface area contributed by atoms with E-state index in [0.717, 1.165) is 6.92 Å². The van der Waals surface area contributed by atoms with E-state index < -0.39 is 24.0 Å². The number of nitrogens with one attached hydrogen (secondary N) is 1. The van der Waals surface area contributed by atoms with Crippen LogP contribution in [0.15, 0.2) is 12.1 Å². The zero-order chi connectivity index (χ0) is 14.9. The minimum atomic E-state index is -2.05. The number of rotatable bonds is 4. The molecular formula is C12H12ClNO6. The fourth-order valence-corrected chi connectivity index (χ4v) is 1.79. The number of aliphatic hydroxyl groups is 1. The molecule has 0 spiro atoms. The highest BCUT2D eigenvalue weighted by Gasteiger charge is 2.30. The zero-order valence-corrected chi connectivity index (χ0v) is 11.2. The van der Waals surface area contributed by atoms with Gasteiger partial charge < -0.3 is 25.0 Å². The van der Waals surface area contributed by atoms with Crippen LogP contribution in [0.25, 0.3) is 0 Å². The van der Waals surface area contributed by atoms with Gasteiger partial charge in [0.05, 0.1) is 11.6 Å². The molecule has 1 heterocycles. The Bertz CT molecular complexity index is 571. The molecule has 1 unspecified atom stereocenters. The molecule has 0 aliphatic carbocycles. The Kier molecular flexibility index (Phi) is 3.74. The topological polar surface area (TPSA) is 105 Å². The molecule has 0 saturated heterocycles. The van der Waals surface area contributed by atoms with Gasteiger partial charge in [-0.05, 0) is 19.1 Å². The molecule has 1 aliphatic heterocycles. The maximum atomic E-state index is 11.9. The Morgan fingerprint density at radius 1 is 1.45 bits per heavy atom. The third-order valence-corrected chi connectivity index (χ3v) is 3.02. The minimum Gasteiger partial charge on any atom is -0.479 e. The van der Waals surface area contributed by atoms with Gasteiger partial charge in [0, 0.05) is 5.56 Å². The van der Waals surface area contributed by atoms with Gasteiger partial charge in [-0.1, -0.05) is 11.6 Å². The first-order valence-corrected chi connectivity index (χ1v) is 6.02. The van der Waals surface area contributed by atoms with Gasteiger partial charge >= 0.3 is 5.97 Å². The lowest BCUT2D eigenvalue weighted by Crippen LogP contribution is -2.46. The summed E-state index contributed by atoms with van der Waals surface area (Å²) in [5.41, 5.74) is -1.86. The number of carboxylic acids is 1. The van der Waals surface area contributed by atoms with Crippen LogP contribution in [0.1, 0.15) is 17.3 Å². The maximum absolute atomic E-state index is 11.9. The summed E-state index contributed by atoms with van der Waals surface area (Å²) in [4.78, 5) is 22.6. The first-order valence-electron chi connectivity index (χ1n) is 5.64. The lowest BCUT2D eigenvalue weighted by atomic mass is 10.1. The van der Waals surface area contributed by atoms with Crippen LogP contribution < -0.4 is 14.8 Å². The summed E-state index contributed by atoms with van der Waals surface area (Å²) in [5, 5.41) is 20.8. The number of halogens is 1. The van der Waals surface area contributed by atoms with Crippen LogP contribution in [0.4, 0.5) is 0 Å². The van der Waals surface area contributed by atoms with Crippen molar-refractivity contribution in [2.75, 3.05) is 13.3 Å². The van der Waals surface area contributed by atoms with Gasteiger partial charge in [0.2, 0.25) is 6.79 Å². The van der Waals surface area contributed by atoms with Crippen molar-refractivity contribution in [3.8, 4) is 11.5 Å². The van der Waals surface area contributed by atoms with Gasteiger partial charge in [0.15, 0.2) is 17.1 Å². The van der Waals surface area contributed by atoms with Gasteiger partial charge in [0.25, 0.3) is 5.91 Å². The molecule has 1 aliphatic rings. The molecular weight excluding hydrogens is 290 g/mol. The SMILES string of the molecule is CC(O)(CNC(=O)c1cc(Cl)c2c(c1)OCO2)C(=O)O. The molecule has 1 amide bonds. The van der Waals surface area contributed by atoms with E-state index in [2.05, 4.69) is 5.32 Å². The van der Waals surface area contributed by atoms with Crippen LogP contribution in [0.5, 0.6) is 11.5 Å². The largest absolute Gasteiger partial charge is 0.479 e. The van der Waals surface area contributed by atoms with E-state index in [1.807, 2.05) is 0 Å². The highest BCUT2D eigenvalue weighted by Crippen LogP contribution is 2.39. The molecule has 0 radical (unpaired) electrons. The fraction of sp³-hybridized carbons (Fsp3) is 0.333. The predicted molar refractivity (Wildman–Crippen MR) is 68.2 cm³/mol.